The first-order valence-electron chi connectivity index (χ1n) is 6.34. The Balaban J connectivity index is 2.14. The van der Waals surface area contributed by atoms with Gasteiger partial charge in [-0.2, -0.15) is 0 Å². The Labute approximate surface area is 123 Å². The summed E-state index contributed by atoms with van der Waals surface area (Å²) in [7, 11) is 0. The number of rotatable bonds is 5. The van der Waals surface area contributed by atoms with Gasteiger partial charge in [0.1, 0.15) is 0 Å². The molecule has 0 amide bonds. The molecule has 0 aliphatic carbocycles. The molecule has 0 heterocycles. The number of benzene rings is 2. The van der Waals surface area contributed by atoms with Crippen LogP contribution in [0.25, 0.3) is 6.08 Å². The lowest BCUT2D eigenvalue weighted by atomic mass is 10.1. The minimum absolute atomic E-state index is 0.824. The molecular formula is C17H16O2S. The number of carboxylic acid groups (broad SMARTS) is 1. The van der Waals surface area contributed by atoms with Crippen LogP contribution in [-0.4, -0.2) is 11.1 Å². The SMILES string of the molecule is Cc1ccccc1SCc1ccccc1C=CC(=O)O. The minimum Gasteiger partial charge on any atom is -0.478 e. The zero-order valence-electron chi connectivity index (χ0n) is 11.2. The Kier molecular flexibility index (Phi) is 5.02. The Morgan fingerprint density at radius 2 is 1.85 bits per heavy atom. The molecule has 0 saturated carbocycles. The number of hydrogen-bond acceptors (Lipinski definition) is 2. The molecule has 2 nitrogen and oxygen atoms in total. The van der Waals surface area contributed by atoms with E-state index in [-0.39, 0.29) is 0 Å². The zero-order chi connectivity index (χ0) is 14.4. The van der Waals surface area contributed by atoms with Gasteiger partial charge in [0.05, 0.1) is 0 Å². The topological polar surface area (TPSA) is 37.3 Å². The Morgan fingerprint density at radius 1 is 1.15 bits per heavy atom. The molecule has 0 aliphatic heterocycles. The molecule has 0 saturated heterocycles. The minimum atomic E-state index is -0.925. The summed E-state index contributed by atoms with van der Waals surface area (Å²) in [6, 6.07) is 16.1. The fourth-order valence-corrected chi connectivity index (χ4v) is 2.91. The maximum Gasteiger partial charge on any atom is 0.328 e. The van der Waals surface area contributed by atoms with Crippen molar-refractivity contribution in [1.82, 2.24) is 0 Å². The van der Waals surface area contributed by atoms with Gasteiger partial charge in [-0.05, 0) is 35.8 Å². The van der Waals surface area contributed by atoms with Crippen LogP contribution >= 0.6 is 11.8 Å². The summed E-state index contributed by atoms with van der Waals surface area (Å²) in [5.41, 5.74) is 3.35. The summed E-state index contributed by atoms with van der Waals surface area (Å²) in [5.74, 6) is -0.100. The summed E-state index contributed by atoms with van der Waals surface area (Å²) in [6.45, 7) is 2.10. The molecule has 0 atom stereocenters. The van der Waals surface area contributed by atoms with Crippen molar-refractivity contribution in [2.24, 2.45) is 0 Å². The summed E-state index contributed by atoms with van der Waals surface area (Å²) in [5, 5.41) is 8.72. The molecule has 102 valence electrons. The molecule has 2 aromatic rings. The summed E-state index contributed by atoms with van der Waals surface area (Å²) >= 11 is 1.77. The van der Waals surface area contributed by atoms with Gasteiger partial charge in [0.15, 0.2) is 0 Å². The van der Waals surface area contributed by atoms with E-state index in [1.165, 1.54) is 16.5 Å². The number of aryl methyl sites for hydroxylation is 1. The fourth-order valence-electron chi connectivity index (χ4n) is 1.86. The van der Waals surface area contributed by atoms with Crippen LogP contribution in [0.1, 0.15) is 16.7 Å². The van der Waals surface area contributed by atoms with Gasteiger partial charge in [-0.1, -0.05) is 42.5 Å². The van der Waals surface area contributed by atoms with E-state index in [1.54, 1.807) is 17.8 Å². The third-order valence-corrected chi connectivity index (χ3v) is 4.16. The second kappa shape index (κ2) is 6.96. The van der Waals surface area contributed by atoms with Crippen LogP contribution in [0.2, 0.25) is 0 Å². The average molecular weight is 284 g/mol. The monoisotopic (exact) mass is 284 g/mol. The van der Waals surface area contributed by atoms with Crippen LogP contribution < -0.4 is 0 Å². The van der Waals surface area contributed by atoms with Crippen LogP contribution in [0.4, 0.5) is 0 Å². The summed E-state index contributed by atoms with van der Waals surface area (Å²) in [6.07, 6.45) is 2.83. The molecule has 2 aromatic carbocycles. The third-order valence-electron chi connectivity index (χ3n) is 2.94. The molecule has 0 aliphatic rings. The van der Waals surface area contributed by atoms with E-state index in [4.69, 9.17) is 5.11 Å². The van der Waals surface area contributed by atoms with Gasteiger partial charge in [0.2, 0.25) is 0 Å². The normalized spacial score (nSPS) is 10.8. The molecule has 0 fully saturated rings. The van der Waals surface area contributed by atoms with Gasteiger partial charge in [-0.3, -0.25) is 0 Å². The molecule has 1 N–H and O–H groups in total. The van der Waals surface area contributed by atoms with Crippen molar-refractivity contribution in [3.63, 3.8) is 0 Å². The summed E-state index contributed by atoms with van der Waals surface area (Å²) < 4.78 is 0. The molecule has 0 spiro atoms. The van der Waals surface area contributed by atoms with Crippen molar-refractivity contribution in [3.05, 3.63) is 71.3 Å². The molecular weight excluding hydrogens is 268 g/mol. The highest BCUT2D eigenvalue weighted by Crippen LogP contribution is 2.27. The van der Waals surface area contributed by atoms with E-state index in [0.29, 0.717) is 0 Å². The second-order valence-corrected chi connectivity index (χ2v) is 5.44. The van der Waals surface area contributed by atoms with Crippen molar-refractivity contribution < 1.29 is 9.90 Å². The maximum absolute atomic E-state index is 10.6. The Morgan fingerprint density at radius 3 is 2.60 bits per heavy atom. The highest BCUT2D eigenvalue weighted by atomic mass is 32.2. The van der Waals surface area contributed by atoms with Gasteiger partial charge in [0.25, 0.3) is 0 Å². The van der Waals surface area contributed by atoms with Crippen molar-refractivity contribution in [1.29, 1.82) is 0 Å². The molecule has 20 heavy (non-hydrogen) atoms. The van der Waals surface area contributed by atoms with Crippen LogP contribution in [-0.2, 0) is 10.5 Å². The van der Waals surface area contributed by atoms with Gasteiger partial charge in [-0.25, -0.2) is 4.79 Å². The molecule has 0 aromatic heterocycles. The quantitative estimate of drug-likeness (QED) is 0.653. The number of carboxylic acids is 1. The molecule has 0 unspecified atom stereocenters. The zero-order valence-corrected chi connectivity index (χ0v) is 12.1. The lowest BCUT2D eigenvalue weighted by Gasteiger charge is -2.07. The van der Waals surface area contributed by atoms with E-state index >= 15 is 0 Å². The first kappa shape index (κ1) is 14.4. The van der Waals surface area contributed by atoms with Crippen LogP contribution in [0.3, 0.4) is 0 Å². The van der Waals surface area contributed by atoms with E-state index in [9.17, 15) is 4.79 Å². The first-order valence-corrected chi connectivity index (χ1v) is 7.33. The fraction of sp³-hybridized carbons (Fsp3) is 0.118. The van der Waals surface area contributed by atoms with Crippen molar-refractivity contribution in [2.75, 3.05) is 0 Å². The standard InChI is InChI=1S/C17H16O2S/c1-13-6-2-5-9-16(13)20-12-15-8-4-3-7-14(15)10-11-17(18)19/h2-11H,12H2,1H3,(H,18,19). The van der Waals surface area contributed by atoms with Gasteiger partial charge >= 0.3 is 5.97 Å². The highest BCUT2D eigenvalue weighted by molar-refractivity contribution is 7.98. The molecule has 0 bridgehead atoms. The number of carbonyl (C=O) groups is 1. The van der Waals surface area contributed by atoms with Crippen molar-refractivity contribution in [3.8, 4) is 0 Å². The predicted octanol–water partition coefficient (Wildman–Crippen LogP) is 4.39. The lowest BCUT2D eigenvalue weighted by Crippen LogP contribution is -1.90. The van der Waals surface area contributed by atoms with Crippen LogP contribution in [0, 0.1) is 6.92 Å². The predicted molar refractivity (Wildman–Crippen MR) is 83.9 cm³/mol. The molecule has 2 rings (SSSR count). The summed E-state index contributed by atoms with van der Waals surface area (Å²) in [4.78, 5) is 11.9. The first-order chi connectivity index (χ1) is 9.66. The Bertz CT molecular complexity index is 632. The van der Waals surface area contributed by atoms with Crippen molar-refractivity contribution in [2.45, 2.75) is 17.6 Å². The van der Waals surface area contributed by atoms with E-state index < -0.39 is 5.97 Å². The van der Waals surface area contributed by atoms with Gasteiger partial charge in [-0.15, -0.1) is 11.8 Å². The lowest BCUT2D eigenvalue weighted by molar-refractivity contribution is -0.131. The largest absolute Gasteiger partial charge is 0.478 e. The van der Waals surface area contributed by atoms with Crippen LogP contribution in [0.15, 0.2) is 59.5 Å². The maximum atomic E-state index is 10.6. The number of aliphatic carboxylic acids is 1. The van der Waals surface area contributed by atoms with Crippen molar-refractivity contribution >= 4 is 23.8 Å². The van der Waals surface area contributed by atoms with E-state index in [2.05, 4.69) is 19.1 Å². The van der Waals surface area contributed by atoms with E-state index in [0.717, 1.165) is 16.9 Å². The number of hydrogen-bond donors (Lipinski definition) is 1. The Hall–Kier alpha value is -2.00. The van der Waals surface area contributed by atoms with E-state index in [1.807, 2.05) is 36.4 Å². The molecule has 3 heteroatoms. The van der Waals surface area contributed by atoms with Gasteiger partial charge in [0, 0.05) is 16.7 Å². The average Bonchev–Trinajstić information content (AvgIpc) is 2.45. The number of thioether (sulfide) groups is 1. The highest BCUT2D eigenvalue weighted by Gasteiger charge is 2.02. The van der Waals surface area contributed by atoms with Gasteiger partial charge < -0.3 is 5.11 Å². The van der Waals surface area contributed by atoms with Crippen LogP contribution in [0.5, 0.6) is 0 Å². The third kappa shape index (κ3) is 4.00. The smallest absolute Gasteiger partial charge is 0.328 e. The molecule has 0 radical (unpaired) electrons. The second-order valence-electron chi connectivity index (χ2n) is 4.42.